The Bertz CT molecular complexity index is 1400. The molecule has 1 aliphatic rings. The quantitative estimate of drug-likeness (QED) is 0.440. The largest absolute Gasteiger partial charge is 0.336 e. The predicted molar refractivity (Wildman–Crippen MR) is 137 cm³/mol. The number of fused-ring (bicyclic) bond motifs is 1. The number of nitriles is 1. The number of thiophene rings is 1. The number of benzene rings is 1. The summed E-state index contributed by atoms with van der Waals surface area (Å²) in [6.45, 7) is 0.647. The SMILES string of the molecule is N#CCCN(Cc1cccnc1)C(=O)CN1CCCC(NS(=O)(=O)c2cc3ccc(Cl)cc3s2)C1=O. The van der Waals surface area contributed by atoms with E-state index in [4.69, 9.17) is 16.9 Å². The summed E-state index contributed by atoms with van der Waals surface area (Å²) in [5.74, 6) is -0.753. The van der Waals surface area contributed by atoms with Crippen LogP contribution < -0.4 is 4.72 Å². The van der Waals surface area contributed by atoms with Crippen molar-refractivity contribution in [3.05, 3.63) is 59.4 Å². The number of aromatic nitrogens is 1. The number of hydrogen-bond donors (Lipinski definition) is 1. The second-order valence-corrected chi connectivity index (χ2v) is 11.9. The summed E-state index contributed by atoms with van der Waals surface area (Å²) in [6, 6.07) is 11.4. The lowest BCUT2D eigenvalue weighted by molar-refractivity contribution is -0.143. The summed E-state index contributed by atoms with van der Waals surface area (Å²) in [7, 11) is -3.95. The summed E-state index contributed by atoms with van der Waals surface area (Å²) < 4.78 is 29.4. The molecular weight excluding hydrogens is 522 g/mol. The van der Waals surface area contributed by atoms with Crippen LogP contribution in [0, 0.1) is 11.3 Å². The van der Waals surface area contributed by atoms with Crippen molar-refractivity contribution < 1.29 is 18.0 Å². The lowest BCUT2D eigenvalue weighted by Crippen LogP contribution is -2.54. The molecule has 36 heavy (non-hydrogen) atoms. The van der Waals surface area contributed by atoms with Crippen LogP contribution in [0.5, 0.6) is 0 Å². The highest BCUT2D eigenvalue weighted by atomic mass is 35.5. The predicted octanol–water partition coefficient (Wildman–Crippen LogP) is 3.16. The molecule has 1 fully saturated rings. The summed E-state index contributed by atoms with van der Waals surface area (Å²) in [4.78, 5) is 33.1. The Morgan fingerprint density at radius 3 is 2.92 bits per heavy atom. The minimum absolute atomic E-state index is 0.0971. The molecule has 1 unspecified atom stereocenters. The van der Waals surface area contributed by atoms with Crippen molar-refractivity contribution >= 4 is 54.9 Å². The number of likely N-dealkylation sites (tertiary alicyclic amines) is 1. The number of piperidine rings is 1. The van der Waals surface area contributed by atoms with Crippen LogP contribution in [0.15, 0.2) is 53.0 Å². The normalized spacial score (nSPS) is 16.2. The molecule has 4 rings (SSSR count). The molecular formula is C24H24ClN5O4S2. The van der Waals surface area contributed by atoms with E-state index in [9.17, 15) is 18.0 Å². The fourth-order valence-electron chi connectivity index (χ4n) is 4.02. The van der Waals surface area contributed by atoms with Crippen molar-refractivity contribution in [2.24, 2.45) is 0 Å². The van der Waals surface area contributed by atoms with Crippen LogP contribution in [-0.4, -0.2) is 60.7 Å². The molecule has 0 aliphatic carbocycles. The van der Waals surface area contributed by atoms with Gasteiger partial charge in [0.15, 0.2) is 0 Å². The molecule has 12 heteroatoms. The molecule has 1 aliphatic heterocycles. The number of amides is 2. The molecule has 1 atom stereocenters. The van der Waals surface area contributed by atoms with E-state index in [1.54, 1.807) is 42.7 Å². The first-order chi connectivity index (χ1) is 17.3. The lowest BCUT2D eigenvalue weighted by Gasteiger charge is -2.33. The van der Waals surface area contributed by atoms with Crippen LogP contribution in [0.25, 0.3) is 10.1 Å². The Morgan fingerprint density at radius 1 is 1.33 bits per heavy atom. The molecule has 2 aromatic heterocycles. The molecule has 0 radical (unpaired) electrons. The van der Waals surface area contributed by atoms with Gasteiger partial charge in [-0.15, -0.1) is 11.3 Å². The zero-order valence-electron chi connectivity index (χ0n) is 19.3. The van der Waals surface area contributed by atoms with Crippen LogP contribution in [0.4, 0.5) is 0 Å². The van der Waals surface area contributed by atoms with E-state index in [0.717, 1.165) is 27.0 Å². The Hall–Kier alpha value is -3.04. The average molecular weight is 546 g/mol. The maximum Gasteiger partial charge on any atom is 0.250 e. The lowest BCUT2D eigenvalue weighted by atomic mass is 10.1. The highest BCUT2D eigenvalue weighted by Crippen LogP contribution is 2.31. The fraction of sp³-hybridized carbons (Fsp3) is 0.333. The Kier molecular flexibility index (Phi) is 8.21. The maximum absolute atomic E-state index is 13.1. The maximum atomic E-state index is 13.1. The van der Waals surface area contributed by atoms with Crippen molar-refractivity contribution in [2.75, 3.05) is 19.6 Å². The Balaban J connectivity index is 1.44. The molecule has 1 aromatic carbocycles. The van der Waals surface area contributed by atoms with Crippen molar-refractivity contribution in [1.29, 1.82) is 5.26 Å². The third kappa shape index (κ3) is 6.20. The molecule has 1 saturated heterocycles. The molecule has 3 aromatic rings. The number of nitrogens with one attached hydrogen (secondary N) is 1. The number of sulfonamides is 1. The fourth-order valence-corrected chi connectivity index (χ4v) is 6.93. The first-order valence-electron chi connectivity index (χ1n) is 11.3. The van der Waals surface area contributed by atoms with Crippen LogP contribution >= 0.6 is 22.9 Å². The van der Waals surface area contributed by atoms with Crippen molar-refractivity contribution in [3.8, 4) is 6.07 Å². The van der Waals surface area contributed by atoms with Gasteiger partial charge in [-0.25, -0.2) is 8.42 Å². The number of rotatable bonds is 9. The van der Waals surface area contributed by atoms with Crippen LogP contribution in [0.3, 0.4) is 0 Å². The Labute approximate surface area is 218 Å². The number of halogens is 1. The highest BCUT2D eigenvalue weighted by molar-refractivity contribution is 7.91. The van der Waals surface area contributed by atoms with Crippen LogP contribution in [-0.2, 0) is 26.2 Å². The summed E-state index contributed by atoms with van der Waals surface area (Å²) >= 11 is 7.09. The number of pyridine rings is 1. The zero-order chi connectivity index (χ0) is 25.7. The van der Waals surface area contributed by atoms with E-state index in [-0.39, 0.29) is 36.2 Å². The number of carbonyl (C=O) groups is 2. The van der Waals surface area contributed by atoms with Gasteiger partial charge in [-0.05, 0) is 48.1 Å². The molecule has 9 nitrogen and oxygen atoms in total. The second-order valence-electron chi connectivity index (χ2n) is 8.41. The van der Waals surface area contributed by atoms with E-state index >= 15 is 0 Å². The van der Waals surface area contributed by atoms with Crippen LogP contribution in [0.1, 0.15) is 24.8 Å². The van der Waals surface area contributed by atoms with E-state index in [1.165, 1.54) is 9.80 Å². The number of nitrogens with zero attached hydrogens (tertiary/aromatic N) is 4. The van der Waals surface area contributed by atoms with E-state index in [0.29, 0.717) is 24.4 Å². The summed E-state index contributed by atoms with van der Waals surface area (Å²) in [6.07, 6.45) is 4.32. The first-order valence-corrected chi connectivity index (χ1v) is 14.0. The van der Waals surface area contributed by atoms with Crippen molar-refractivity contribution in [1.82, 2.24) is 19.5 Å². The van der Waals surface area contributed by atoms with Crippen molar-refractivity contribution in [3.63, 3.8) is 0 Å². The van der Waals surface area contributed by atoms with Gasteiger partial charge in [0.2, 0.25) is 11.8 Å². The van der Waals surface area contributed by atoms with E-state index in [1.807, 2.05) is 12.1 Å². The van der Waals surface area contributed by atoms with E-state index < -0.39 is 22.0 Å². The molecule has 188 valence electrons. The smallest absolute Gasteiger partial charge is 0.250 e. The molecule has 2 amide bonds. The Morgan fingerprint density at radius 2 is 2.17 bits per heavy atom. The highest BCUT2D eigenvalue weighted by Gasteiger charge is 2.34. The molecule has 0 spiro atoms. The molecule has 1 N–H and O–H groups in total. The standard InChI is InChI=1S/C24H24ClN5O4S2/c25-19-7-6-18-12-23(35-21(18)13-19)36(33,34)28-20-5-2-10-30(24(20)32)16-22(31)29(11-3-8-26)15-17-4-1-9-27-14-17/h1,4,6-7,9,12-14,20,28H,2-3,5,10-11,15-16H2. The minimum Gasteiger partial charge on any atom is -0.336 e. The van der Waals surface area contributed by atoms with E-state index in [2.05, 4.69) is 9.71 Å². The van der Waals surface area contributed by atoms with Gasteiger partial charge in [-0.1, -0.05) is 23.7 Å². The van der Waals surface area contributed by atoms with Gasteiger partial charge in [0.1, 0.15) is 10.3 Å². The number of hydrogen-bond acceptors (Lipinski definition) is 7. The van der Waals surface area contributed by atoms with Gasteiger partial charge in [-0.3, -0.25) is 14.6 Å². The summed E-state index contributed by atoms with van der Waals surface area (Å²) in [5, 5.41) is 10.2. The van der Waals surface area contributed by atoms with Gasteiger partial charge in [0.05, 0.1) is 19.0 Å². The zero-order valence-corrected chi connectivity index (χ0v) is 21.7. The number of carbonyl (C=O) groups excluding carboxylic acids is 2. The third-order valence-electron chi connectivity index (χ3n) is 5.82. The topological polar surface area (TPSA) is 123 Å². The van der Waals surface area contributed by atoms with Crippen molar-refractivity contribution in [2.45, 2.75) is 36.1 Å². The second kappa shape index (κ2) is 11.3. The van der Waals surface area contributed by atoms with Gasteiger partial charge in [0, 0.05) is 41.8 Å². The van der Waals surface area contributed by atoms with Gasteiger partial charge in [-0.2, -0.15) is 9.98 Å². The first kappa shape index (κ1) is 26.0. The third-order valence-corrected chi connectivity index (χ3v) is 9.10. The minimum atomic E-state index is -3.95. The van der Waals surface area contributed by atoms with Gasteiger partial charge in [0.25, 0.3) is 10.0 Å². The summed E-state index contributed by atoms with van der Waals surface area (Å²) in [5.41, 5.74) is 0.809. The monoisotopic (exact) mass is 545 g/mol. The van der Waals surface area contributed by atoms with Gasteiger partial charge >= 0.3 is 0 Å². The van der Waals surface area contributed by atoms with Gasteiger partial charge < -0.3 is 9.80 Å². The average Bonchev–Trinajstić information content (AvgIpc) is 3.29. The molecule has 0 bridgehead atoms. The molecule has 3 heterocycles. The van der Waals surface area contributed by atoms with Crippen LogP contribution in [0.2, 0.25) is 5.02 Å². The molecule has 0 saturated carbocycles.